The summed E-state index contributed by atoms with van der Waals surface area (Å²) in [5, 5.41) is 10.6. The zero-order valence-corrected chi connectivity index (χ0v) is 11.4. The smallest absolute Gasteiger partial charge is 0.388 e. The molecule has 3 N–H and O–H groups in total. The monoisotopic (exact) mass is 301 g/mol. The van der Waals surface area contributed by atoms with Crippen molar-refractivity contribution in [3.8, 4) is 0 Å². The predicted octanol–water partition coefficient (Wildman–Crippen LogP) is 2.64. The van der Waals surface area contributed by atoms with Crippen LogP contribution in [0.15, 0.2) is 24.3 Å². The van der Waals surface area contributed by atoms with Gasteiger partial charge in [-0.3, -0.25) is 0 Å². The van der Waals surface area contributed by atoms with E-state index in [0.717, 1.165) is 25.0 Å². The number of hydrogen-bond acceptors (Lipinski definition) is 3. The second-order valence-corrected chi connectivity index (χ2v) is 5.99. The van der Waals surface area contributed by atoms with E-state index in [1.165, 1.54) is 12.1 Å². The van der Waals surface area contributed by atoms with Gasteiger partial charge in [0.1, 0.15) is 0 Å². The summed E-state index contributed by atoms with van der Waals surface area (Å²) in [5.74, 6) is 0. The van der Waals surface area contributed by atoms with E-state index in [4.69, 9.17) is 10.5 Å². The lowest BCUT2D eigenvalue weighted by atomic mass is 9.68. The van der Waals surface area contributed by atoms with E-state index in [2.05, 4.69) is 0 Å². The van der Waals surface area contributed by atoms with Gasteiger partial charge in [-0.2, -0.15) is 13.2 Å². The number of aliphatic hydroxyl groups excluding tert-OH is 1. The molecule has 2 heterocycles. The quantitative estimate of drug-likeness (QED) is 0.902. The topological polar surface area (TPSA) is 55.5 Å². The van der Waals surface area contributed by atoms with Gasteiger partial charge in [-0.25, -0.2) is 0 Å². The molecule has 1 aromatic carbocycles. The molecule has 0 saturated carbocycles. The van der Waals surface area contributed by atoms with Gasteiger partial charge in [0.2, 0.25) is 0 Å². The summed E-state index contributed by atoms with van der Waals surface area (Å²) in [7, 11) is 0. The summed E-state index contributed by atoms with van der Waals surface area (Å²) in [6, 6.07) is 4.65. The number of ether oxygens (including phenoxy) is 1. The van der Waals surface area contributed by atoms with Crippen molar-refractivity contribution in [2.75, 3.05) is 6.54 Å². The van der Waals surface area contributed by atoms with Gasteiger partial charge in [-0.05, 0) is 37.0 Å². The molecule has 3 nitrogen and oxygen atoms in total. The third-order valence-corrected chi connectivity index (χ3v) is 4.83. The molecule has 0 radical (unpaired) electrons. The van der Waals surface area contributed by atoms with E-state index in [1.807, 2.05) is 0 Å². The number of rotatable bonds is 3. The van der Waals surface area contributed by atoms with Crippen LogP contribution in [0, 0.1) is 5.41 Å². The van der Waals surface area contributed by atoms with Crippen LogP contribution in [-0.2, 0) is 10.9 Å². The average Bonchev–Trinajstić information content (AvgIpc) is 3.06. The lowest BCUT2D eigenvalue weighted by molar-refractivity contribution is -0.137. The van der Waals surface area contributed by atoms with Crippen molar-refractivity contribution in [2.45, 2.75) is 43.8 Å². The molecular formula is C15H18F3NO2. The fourth-order valence-electron chi connectivity index (χ4n) is 3.63. The van der Waals surface area contributed by atoms with Crippen LogP contribution >= 0.6 is 0 Å². The number of halogens is 3. The Kier molecular flexibility index (Phi) is 3.50. The Morgan fingerprint density at radius 3 is 2.38 bits per heavy atom. The molecule has 0 aliphatic carbocycles. The van der Waals surface area contributed by atoms with Crippen LogP contribution in [0.5, 0.6) is 0 Å². The van der Waals surface area contributed by atoms with Crippen LogP contribution < -0.4 is 5.73 Å². The Hall–Kier alpha value is -1.11. The molecule has 2 aliphatic rings. The van der Waals surface area contributed by atoms with E-state index in [0.29, 0.717) is 12.0 Å². The Morgan fingerprint density at radius 1 is 1.29 bits per heavy atom. The Balaban J connectivity index is 1.86. The minimum atomic E-state index is -4.37. The van der Waals surface area contributed by atoms with Gasteiger partial charge in [-0.1, -0.05) is 12.1 Å². The second-order valence-electron chi connectivity index (χ2n) is 5.99. The Labute approximate surface area is 120 Å². The minimum absolute atomic E-state index is 0.107. The first-order chi connectivity index (χ1) is 9.87. The minimum Gasteiger partial charge on any atom is -0.388 e. The summed E-state index contributed by atoms with van der Waals surface area (Å²) in [6.07, 6.45) is -2.79. The van der Waals surface area contributed by atoms with Crippen LogP contribution in [-0.4, -0.2) is 23.9 Å². The highest BCUT2D eigenvalue weighted by molar-refractivity contribution is 5.28. The third kappa shape index (κ3) is 2.35. The van der Waals surface area contributed by atoms with Gasteiger partial charge in [0, 0.05) is 12.0 Å². The predicted molar refractivity (Wildman–Crippen MR) is 70.4 cm³/mol. The lowest BCUT2D eigenvalue weighted by Gasteiger charge is -2.38. The Bertz CT molecular complexity index is 517. The van der Waals surface area contributed by atoms with Gasteiger partial charge in [0.05, 0.1) is 23.9 Å². The maximum Gasteiger partial charge on any atom is 0.416 e. The number of aliphatic hydroxyl groups is 1. The molecule has 2 aliphatic heterocycles. The number of alkyl halides is 3. The molecule has 4 atom stereocenters. The summed E-state index contributed by atoms with van der Waals surface area (Å²) in [5.41, 5.74) is 5.04. The van der Waals surface area contributed by atoms with E-state index < -0.39 is 23.3 Å². The maximum absolute atomic E-state index is 12.6. The summed E-state index contributed by atoms with van der Waals surface area (Å²) < 4.78 is 43.5. The molecule has 0 spiro atoms. The molecule has 2 bridgehead atoms. The average molecular weight is 301 g/mol. The van der Waals surface area contributed by atoms with Crippen LogP contribution in [0.1, 0.15) is 36.5 Å². The van der Waals surface area contributed by atoms with Gasteiger partial charge in [0.25, 0.3) is 0 Å². The molecule has 1 aromatic rings. The highest BCUT2D eigenvalue weighted by Gasteiger charge is 2.55. The highest BCUT2D eigenvalue weighted by atomic mass is 19.4. The van der Waals surface area contributed by atoms with Gasteiger partial charge in [-0.15, -0.1) is 0 Å². The van der Waals surface area contributed by atoms with Crippen molar-refractivity contribution < 1.29 is 23.0 Å². The number of benzene rings is 1. The summed E-state index contributed by atoms with van der Waals surface area (Å²) >= 11 is 0. The maximum atomic E-state index is 12.6. The highest BCUT2D eigenvalue weighted by Crippen LogP contribution is 2.53. The van der Waals surface area contributed by atoms with E-state index in [9.17, 15) is 18.3 Å². The van der Waals surface area contributed by atoms with Crippen molar-refractivity contribution in [2.24, 2.45) is 11.1 Å². The van der Waals surface area contributed by atoms with Gasteiger partial charge in [0.15, 0.2) is 0 Å². The Morgan fingerprint density at radius 2 is 1.95 bits per heavy atom. The SMILES string of the molecule is NCC1(C(O)c2ccc(C(F)(F)F)cc2)CC2CCC1O2. The summed E-state index contributed by atoms with van der Waals surface area (Å²) in [6.45, 7) is 0.260. The standard InChI is InChI=1S/C15H18F3NO2/c16-15(17,18)10-3-1-9(2-4-10)13(20)14(8-19)7-11-5-6-12(14)21-11/h1-4,11-13,20H,5-8,19H2. The fourth-order valence-corrected chi connectivity index (χ4v) is 3.63. The molecule has 21 heavy (non-hydrogen) atoms. The lowest BCUT2D eigenvalue weighted by Crippen LogP contribution is -2.44. The van der Waals surface area contributed by atoms with Crippen LogP contribution in [0.2, 0.25) is 0 Å². The number of nitrogens with two attached hydrogens (primary N) is 1. The van der Waals surface area contributed by atoms with E-state index in [1.54, 1.807) is 0 Å². The molecule has 0 amide bonds. The largest absolute Gasteiger partial charge is 0.416 e. The molecule has 6 heteroatoms. The number of hydrogen-bond donors (Lipinski definition) is 2. The second kappa shape index (κ2) is 4.97. The van der Waals surface area contributed by atoms with Gasteiger partial charge >= 0.3 is 6.18 Å². The molecular weight excluding hydrogens is 283 g/mol. The zero-order valence-electron chi connectivity index (χ0n) is 11.4. The third-order valence-electron chi connectivity index (χ3n) is 4.83. The molecule has 4 unspecified atom stereocenters. The van der Waals surface area contributed by atoms with Crippen LogP contribution in [0.4, 0.5) is 13.2 Å². The van der Waals surface area contributed by atoms with E-state index in [-0.39, 0.29) is 18.8 Å². The molecule has 2 saturated heterocycles. The van der Waals surface area contributed by atoms with Crippen molar-refractivity contribution in [1.82, 2.24) is 0 Å². The molecule has 2 fully saturated rings. The summed E-state index contributed by atoms with van der Waals surface area (Å²) in [4.78, 5) is 0. The van der Waals surface area contributed by atoms with Crippen molar-refractivity contribution in [3.63, 3.8) is 0 Å². The zero-order chi connectivity index (χ0) is 15.3. The normalized spacial score (nSPS) is 33.4. The first-order valence-corrected chi connectivity index (χ1v) is 7.07. The van der Waals surface area contributed by atoms with Crippen molar-refractivity contribution in [3.05, 3.63) is 35.4 Å². The molecule has 116 valence electrons. The van der Waals surface area contributed by atoms with Crippen LogP contribution in [0.3, 0.4) is 0 Å². The van der Waals surface area contributed by atoms with Crippen LogP contribution in [0.25, 0.3) is 0 Å². The molecule has 0 aromatic heterocycles. The first kappa shape index (κ1) is 14.8. The fraction of sp³-hybridized carbons (Fsp3) is 0.600. The van der Waals surface area contributed by atoms with Crippen molar-refractivity contribution >= 4 is 0 Å². The van der Waals surface area contributed by atoms with Crippen molar-refractivity contribution in [1.29, 1.82) is 0 Å². The van der Waals surface area contributed by atoms with Gasteiger partial charge < -0.3 is 15.6 Å². The first-order valence-electron chi connectivity index (χ1n) is 7.07. The molecule has 3 rings (SSSR count). The number of fused-ring (bicyclic) bond motifs is 2. The van der Waals surface area contributed by atoms with E-state index >= 15 is 0 Å².